The molecule has 2 aromatic rings. The lowest BCUT2D eigenvalue weighted by molar-refractivity contribution is 0.575. The molecule has 0 aliphatic rings. The van der Waals surface area contributed by atoms with E-state index in [2.05, 4.69) is 35.7 Å². The van der Waals surface area contributed by atoms with Crippen LogP contribution in [0.5, 0.6) is 0 Å². The van der Waals surface area contributed by atoms with Gasteiger partial charge in [0, 0.05) is 18.9 Å². The van der Waals surface area contributed by atoms with Gasteiger partial charge in [-0.2, -0.15) is 0 Å². The van der Waals surface area contributed by atoms with E-state index < -0.39 is 10.0 Å². The first-order valence-electron chi connectivity index (χ1n) is 9.19. The highest BCUT2D eigenvalue weighted by Gasteiger charge is 2.26. The van der Waals surface area contributed by atoms with E-state index in [1.54, 1.807) is 18.5 Å². The molecular formula is C21H30N2O2S. The van der Waals surface area contributed by atoms with Gasteiger partial charge in [0.15, 0.2) is 0 Å². The second-order valence-electron chi connectivity index (χ2n) is 7.68. The molecule has 2 rings (SSSR count). The van der Waals surface area contributed by atoms with Gasteiger partial charge in [0.1, 0.15) is 0 Å². The highest BCUT2D eigenvalue weighted by atomic mass is 32.2. The number of nitrogens with zero attached hydrogens (tertiary/aromatic N) is 1. The molecule has 0 aliphatic carbocycles. The zero-order valence-corrected chi connectivity index (χ0v) is 17.4. The first-order chi connectivity index (χ1) is 12.1. The summed E-state index contributed by atoms with van der Waals surface area (Å²) in [7, 11) is -3.63. The number of pyridine rings is 1. The summed E-state index contributed by atoms with van der Waals surface area (Å²) in [6.07, 6.45) is 3.35. The van der Waals surface area contributed by atoms with Gasteiger partial charge in [-0.3, -0.25) is 4.98 Å². The van der Waals surface area contributed by atoms with Gasteiger partial charge in [-0.25, -0.2) is 13.1 Å². The molecule has 0 saturated carbocycles. The Labute approximate surface area is 158 Å². The Kier molecular flexibility index (Phi) is 6.58. The van der Waals surface area contributed by atoms with Crippen LogP contribution in [0.3, 0.4) is 0 Å². The average molecular weight is 375 g/mol. The second kappa shape index (κ2) is 8.31. The number of nitrogens with one attached hydrogen (secondary N) is 1. The molecule has 0 spiro atoms. The van der Waals surface area contributed by atoms with E-state index in [0.717, 1.165) is 16.7 Å². The molecule has 0 bridgehead atoms. The third kappa shape index (κ3) is 4.71. The summed E-state index contributed by atoms with van der Waals surface area (Å²) in [6, 6.07) is 7.78. The normalized spacial score (nSPS) is 12.3. The molecule has 142 valence electrons. The summed E-state index contributed by atoms with van der Waals surface area (Å²) in [5.74, 6) is 0.595. The molecule has 0 unspecified atom stereocenters. The highest BCUT2D eigenvalue weighted by Crippen LogP contribution is 2.35. The van der Waals surface area contributed by atoms with Crippen molar-refractivity contribution in [2.45, 2.75) is 70.7 Å². The smallest absolute Gasteiger partial charge is 0.241 e. The fraction of sp³-hybridized carbons (Fsp3) is 0.476. The first kappa shape index (κ1) is 20.6. The van der Waals surface area contributed by atoms with Gasteiger partial charge >= 0.3 is 0 Å². The van der Waals surface area contributed by atoms with E-state index in [1.165, 1.54) is 5.56 Å². The summed E-state index contributed by atoms with van der Waals surface area (Å²) in [5, 5.41) is 0. The van der Waals surface area contributed by atoms with Gasteiger partial charge in [0.2, 0.25) is 10.0 Å². The predicted octanol–water partition coefficient (Wildman–Crippen LogP) is 4.93. The molecule has 5 heteroatoms. The standard InChI is InChI=1S/C21H30N2O2S/c1-14(2)18-10-19(15(3)4)21(20(11-18)16(5)6)26(24,25)23-13-17-8-7-9-22-12-17/h7-12,14-16,23H,13H2,1-6H3. The van der Waals surface area contributed by atoms with E-state index in [-0.39, 0.29) is 18.4 Å². The zero-order valence-electron chi connectivity index (χ0n) is 16.6. The van der Waals surface area contributed by atoms with Crippen molar-refractivity contribution in [3.05, 3.63) is 58.9 Å². The van der Waals surface area contributed by atoms with Gasteiger partial charge in [-0.05, 0) is 46.1 Å². The largest absolute Gasteiger partial charge is 0.264 e. The Morgan fingerprint density at radius 3 is 1.96 bits per heavy atom. The maximum Gasteiger partial charge on any atom is 0.241 e. The minimum atomic E-state index is -3.63. The van der Waals surface area contributed by atoms with Crippen molar-refractivity contribution in [3.63, 3.8) is 0 Å². The monoisotopic (exact) mass is 374 g/mol. The highest BCUT2D eigenvalue weighted by molar-refractivity contribution is 7.89. The van der Waals surface area contributed by atoms with Gasteiger partial charge < -0.3 is 0 Å². The Morgan fingerprint density at radius 1 is 0.962 bits per heavy atom. The van der Waals surface area contributed by atoms with E-state index in [9.17, 15) is 8.42 Å². The third-order valence-corrected chi connectivity index (χ3v) is 6.07. The molecule has 1 N–H and O–H groups in total. The van der Waals surface area contributed by atoms with Crippen LogP contribution in [0.4, 0.5) is 0 Å². The van der Waals surface area contributed by atoms with Crippen LogP contribution in [0.15, 0.2) is 41.6 Å². The first-order valence-corrected chi connectivity index (χ1v) is 10.7. The Bertz CT molecular complexity index is 813. The van der Waals surface area contributed by atoms with Gasteiger partial charge in [-0.1, -0.05) is 59.7 Å². The molecule has 0 fully saturated rings. The summed E-state index contributed by atoms with van der Waals surface area (Å²) in [6.45, 7) is 12.7. The van der Waals surface area contributed by atoms with Gasteiger partial charge in [0.05, 0.1) is 4.90 Å². The molecule has 0 saturated heterocycles. The molecule has 0 atom stereocenters. The SMILES string of the molecule is CC(C)c1cc(C(C)C)c(S(=O)(=O)NCc2cccnc2)c(C(C)C)c1. The van der Waals surface area contributed by atoms with Crippen molar-refractivity contribution in [3.8, 4) is 0 Å². The Morgan fingerprint density at radius 2 is 1.54 bits per heavy atom. The molecule has 1 heterocycles. The van der Waals surface area contributed by atoms with Crippen molar-refractivity contribution in [2.24, 2.45) is 0 Å². The van der Waals surface area contributed by atoms with E-state index in [1.807, 2.05) is 33.8 Å². The van der Waals surface area contributed by atoms with E-state index in [0.29, 0.717) is 10.8 Å². The lowest BCUT2D eigenvalue weighted by Gasteiger charge is -2.23. The second-order valence-corrected chi connectivity index (χ2v) is 9.38. The number of hydrogen-bond donors (Lipinski definition) is 1. The van der Waals surface area contributed by atoms with Crippen LogP contribution in [0, 0.1) is 0 Å². The van der Waals surface area contributed by atoms with Crippen molar-refractivity contribution in [1.82, 2.24) is 9.71 Å². The van der Waals surface area contributed by atoms with Crippen LogP contribution in [0.1, 0.15) is 81.5 Å². The van der Waals surface area contributed by atoms with E-state index in [4.69, 9.17) is 0 Å². The summed E-state index contributed by atoms with van der Waals surface area (Å²) in [5.41, 5.74) is 3.80. The van der Waals surface area contributed by atoms with Crippen molar-refractivity contribution in [2.75, 3.05) is 0 Å². The van der Waals surface area contributed by atoms with Crippen molar-refractivity contribution in [1.29, 1.82) is 0 Å². The molecule has 0 aliphatic heterocycles. The average Bonchev–Trinajstić information content (AvgIpc) is 2.59. The van der Waals surface area contributed by atoms with Crippen LogP contribution in [-0.2, 0) is 16.6 Å². The fourth-order valence-corrected chi connectivity index (χ4v) is 4.66. The molecular weight excluding hydrogens is 344 g/mol. The minimum Gasteiger partial charge on any atom is -0.264 e. The third-order valence-electron chi connectivity index (χ3n) is 4.54. The number of benzene rings is 1. The fourth-order valence-electron chi connectivity index (χ4n) is 2.95. The maximum absolute atomic E-state index is 13.2. The van der Waals surface area contributed by atoms with Crippen LogP contribution in [0.2, 0.25) is 0 Å². The molecule has 1 aromatic carbocycles. The maximum atomic E-state index is 13.2. The van der Waals surface area contributed by atoms with Gasteiger partial charge in [-0.15, -0.1) is 0 Å². The van der Waals surface area contributed by atoms with E-state index >= 15 is 0 Å². The van der Waals surface area contributed by atoms with Crippen LogP contribution in [-0.4, -0.2) is 13.4 Å². The quantitative estimate of drug-likeness (QED) is 0.747. The van der Waals surface area contributed by atoms with Crippen LogP contribution < -0.4 is 4.72 Å². The van der Waals surface area contributed by atoms with Gasteiger partial charge in [0.25, 0.3) is 0 Å². The summed E-state index contributed by atoms with van der Waals surface area (Å²) >= 11 is 0. The predicted molar refractivity (Wildman–Crippen MR) is 107 cm³/mol. The molecule has 4 nitrogen and oxygen atoms in total. The molecule has 0 amide bonds. The lowest BCUT2D eigenvalue weighted by Crippen LogP contribution is -2.26. The molecule has 1 aromatic heterocycles. The molecule has 26 heavy (non-hydrogen) atoms. The van der Waals surface area contributed by atoms with Crippen molar-refractivity contribution >= 4 is 10.0 Å². The lowest BCUT2D eigenvalue weighted by atomic mass is 9.89. The summed E-state index contributed by atoms with van der Waals surface area (Å²) < 4.78 is 29.2. The Balaban J connectivity index is 2.54. The summed E-state index contributed by atoms with van der Waals surface area (Å²) in [4.78, 5) is 4.49. The number of hydrogen-bond acceptors (Lipinski definition) is 3. The van der Waals surface area contributed by atoms with Crippen molar-refractivity contribution < 1.29 is 8.42 Å². The van der Waals surface area contributed by atoms with Crippen LogP contribution >= 0.6 is 0 Å². The zero-order chi connectivity index (χ0) is 19.5. The number of aromatic nitrogens is 1. The number of sulfonamides is 1. The molecule has 0 radical (unpaired) electrons. The topological polar surface area (TPSA) is 59.1 Å². The number of rotatable bonds is 7. The van der Waals surface area contributed by atoms with Crippen LogP contribution in [0.25, 0.3) is 0 Å². The Hall–Kier alpha value is -1.72. The minimum absolute atomic E-state index is 0.121.